The average molecular weight is 333 g/mol. The second-order valence-electron chi connectivity index (χ2n) is 6.01. The molecule has 24 heavy (non-hydrogen) atoms. The van der Waals surface area contributed by atoms with Crippen LogP contribution in [0.1, 0.15) is 45.6 Å². The van der Waals surface area contributed by atoms with E-state index in [1.807, 2.05) is 0 Å². The number of hydrogen-bond donors (Lipinski definition) is 2. The van der Waals surface area contributed by atoms with Gasteiger partial charge in [-0.1, -0.05) is 44.2 Å². The van der Waals surface area contributed by atoms with Gasteiger partial charge in [-0.25, -0.2) is 0 Å². The molecule has 2 N–H and O–H groups in total. The summed E-state index contributed by atoms with van der Waals surface area (Å²) < 4.78 is 0. The minimum absolute atomic E-state index is 0.865. The van der Waals surface area contributed by atoms with Gasteiger partial charge in [-0.2, -0.15) is 0 Å². The van der Waals surface area contributed by atoms with Gasteiger partial charge < -0.3 is 15.5 Å². The molecule has 0 radical (unpaired) electrons. The summed E-state index contributed by atoms with van der Waals surface area (Å²) in [7, 11) is 0. The van der Waals surface area contributed by atoms with E-state index >= 15 is 0 Å². The third kappa shape index (κ3) is 9.56. The molecule has 0 aliphatic carbocycles. The molecule has 0 bridgehead atoms. The summed E-state index contributed by atoms with van der Waals surface area (Å²) in [4.78, 5) is 7.15. The summed E-state index contributed by atoms with van der Waals surface area (Å²) in [6.07, 6.45) is 4.60. The first-order valence-electron chi connectivity index (χ1n) is 9.58. The summed E-state index contributed by atoms with van der Waals surface area (Å²) in [5.74, 6) is 0.952. The van der Waals surface area contributed by atoms with E-state index in [0.29, 0.717) is 0 Å². The molecule has 0 heterocycles. The molecule has 0 saturated carbocycles. The molecule has 0 fully saturated rings. The Balaban J connectivity index is 2.19. The zero-order valence-electron chi connectivity index (χ0n) is 15.9. The molecule has 1 aromatic rings. The van der Waals surface area contributed by atoms with E-state index in [9.17, 15) is 0 Å². The van der Waals surface area contributed by atoms with Crippen molar-refractivity contribution in [3.05, 3.63) is 35.9 Å². The lowest BCUT2D eigenvalue weighted by Crippen LogP contribution is -2.38. The van der Waals surface area contributed by atoms with Crippen LogP contribution >= 0.6 is 0 Å². The SMILES string of the molecule is CCNC(=NCCCc1ccccc1)NCCCCN(CC)CC. The quantitative estimate of drug-likeness (QED) is 0.350. The number of benzene rings is 1. The van der Waals surface area contributed by atoms with Gasteiger partial charge in [0.15, 0.2) is 5.96 Å². The number of nitrogens with zero attached hydrogens (tertiary/aromatic N) is 2. The van der Waals surface area contributed by atoms with Gasteiger partial charge in [0.05, 0.1) is 0 Å². The van der Waals surface area contributed by atoms with Crippen molar-refractivity contribution in [1.82, 2.24) is 15.5 Å². The number of nitrogens with one attached hydrogen (secondary N) is 2. The van der Waals surface area contributed by atoms with E-state index in [4.69, 9.17) is 0 Å². The molecule has 0 amide bonds. The lowest BCUT2D eigenvalue weighted by atomic mass is 10.1. The van der Waals surface area contributed by atoms with Crippen LogP contribution in [0.3, 0.4) is 0 Å². The van der Waals surface area contributed by atoms with Crippen molar-refractivity contribution >= 4 is 5.96 Å². The first-order chi connectivity index (χ1) is 11.8. The molecular formula is C20H36N4. The Kier molecular flexibility index (Phi) is 11.8. The lowest BCUT2D eigenvalue weighted by Gasteiger charge is -2.18. The fourth-order valence-corrected chi connectivity index (χ4v) is 2.67. The van der Waals surface area contributed by atoms with Crippen LogP contribution in [0.4, 0.5) is 0 Å². The zero-order valence-corrected chi connectivity index (χ0v) is 15.9. The molecule has 0 aliphatic rings. The Labute approximate surface area is 148 Å². The van der Waals surface area contributed by atoms with E-state index in [2.05, 4.69) is 71.6 Å². The Hall–Kier alpha value is -1.55. The highest BCUT2D eigenvalue weighted by molar-refractivity contribution is 5.79. The fraction of sp³-hybridized carbons (Fsp3) is 0.650. The maximum atomic E-state index is 4.68. The van der Waals surface area contributed by atoms with Gasteiger partial charge in [0, 0.05) is 19.6 Å². The summed E-state index contributed by atoms with van der Waals surface area (Å²) >= 11 is 0. The maximum absolute atomic E-state index is 4.68. The second kappa shape index (κ2) is 13.8. The van der Waals surface area contributed by atoms with Gasteiger partial charge >= 0.3 is 0 Å². The second-order valence-corrected chi connectivity index (χ2v) is 6.01. The highest BCUT2D eigenvalue weighted by atomic mass is 15.2. The number of aliphatic imine (C=N–C) groups is 1. The van der Waals surface area contributed by atoms with Crippen molar-refractivity contribution < 1.29 is 0 Å². The molecule has 4 nitrogen and oxygen atoms in total. The smallest absolute Gasteiger partial charge is 0.191 e. The minimum atomic E-state index is 0.865. The van der Waals surface area contributed by atoms with Crippen molar-refractivity contribution in [2.45, 2.75) is 46.5 Å². The number of rotatable bonds is 12. The summed E-state index contributed by atoms with van der Waals surface area (Å²) in [5, 5.41) is 6.78. The molecular weight excluding hydrogens is 296 g/mol. The van der Waals surface area contributed by atoms with Crippen LogP contribution in [0.25, 0.3) is 0 Å². The fourth-order valence-electron chi connectivity index (χ4n) is 2.67. The summed E-state index contributed by atoms with van der Waals surface area (Å²) in [6, 6.07) is 10.6. The van der Waals surface area contributed by atoms with Gasteiger partial charge in [-0.3, -0.25) is 4.99 Å². The number of aryl methyl sites for hydroxylation is 1. The van der Waals surface area contributed by atoms with Crippen LogP contribution in [0.2, 0.25) is 0 Å². The summed E-state index contributed by atoms with van der Waals surface area (Å²) in [6.45, 7) is 12.8. The average Bonchev–Trinajstić information content (AvgIpc) is 2.62. The van der Waals surface area contributed by atoms with Gasteiger partial charge in [0.2, 0.25) is 0 Å². The first kappa shape index (κ1) is 20.5. The van der Waals surface area contributed by atoms with Crippen molar-refractivity contribution in [1.29, 1.82) is 0 Å². The number of guanidine groups is 1. The molecule has 0 unspecified atom stereocenters. The summed E-state index contributed by atoms with van der Waals surface area (Å²) in [5.41, 5.74) is 1.39. The van der Waals surface area contributed by atoms with E-state index in [0.717, 1.165) is 51.5 Å². The van der Waals surface area contributed by atoms with E-state index in [-0.39, 0.29) is 0 Å². The van der Waals surface area contributed by atoms with Crippen LogP contribution in [-0.2, 0) is 6.42 Å². The molecule has 0 aromatic heterocycles. The van der Waals surface area contributed by atoms with Crippen molar-refractivity contribution in [2.24, 2.45) is 4.99 Å². The maximum Gasteiger partial charge on any atom is 0.191 e. The van der Waals surface area contributed by atoms with E-state index < -0.39 is 0 Å². The standard InChI is InChI=1S/C20H36N4/c1-4-21-20(22-16-10-11-18-24(5-2)6-3)23-17-12-15-19-13-8-7-9-14-19/h7-9,13-14H,4-6,10-12,15-18H2,1-3H3,(H2,21,22,23). The largest absolute Gasteiger partial charge is 0.357 e. The van der Waals surface area contributed by atoms with Crippen molar-refractivity contribution in [3.63, 3.8) is 0 Å². The van der Waals surface area contributed by atoms with Gasteiger partial charge in [0.1, 0.15) is 0 Å². The number of unbranched alkanes of at least 4 members (excludes halogenated alkanes) is 1. The van der Waals surface area contributed by atoms with Crippen LogP contribution < -0.4 is 10.6 Å². The normalized spacial score (nSPS) is 11.8. The van der Waals surface area contributed by atoms with E-state index in [1.54, 1.807) is 0 Å². The van der Waals surface area contributed by atoms with Gasteiger partial charge in [0.25, 0.3) is 0 Å². The van der Waals surface area contributed by atoms with Crippen LogP contribution in [0, 0.1) is 0 Å². The lowest BCUT2D eigenvalue weighted by molar-refractivity contribution is 0.297. The molecule has 0 atom stereocenters. The zero-order chi connectivity index (χ0) is 17.5. The molecule has 1 aromatic carbocycles. The monoisotopic (exact) mass is 332 g/mol. The number of hydrogen-bond acceptors (Lipinski definition) is 2. The predicted molar refractivity (Wildman–Crippen MR) is 106 cm³/mol. The van der Waals surface area contributed by atoms with Crippen molar-refractivity contribution in [3.8, 4) is 0 Å². The van der Waals surface area contributed by atoms with Crippen molar-refractivity contribution in [2.75, 3.05) is 39.3 Å². The highest BCUT2D eigenvalue weighted by Crippen LogP contribution is 2.02. The molecule has 4 heteroatoms. The molecule has 0 aliphatic heterocycles. The predicted octanol–water partition coefficient (Wildman–Crippen LogP) is 3.30. The first-order valence-corrected chi connectivity index (χ1v) is 9.58. The Bertz CT molecular complexity index is 427. The van der Waals surface area contributed by atoms with Gasteiger partial charge in [-0.05, 0) is 57.8 Å². The molecule has 136 valence electrons. The van der Waals surface area contributed by atoms with Gasteiger partial charge in [-0.15, -0.1) is 0 Å². The van der Waals surface area contributed by atoms with Crippen LogP contribution in [0.15, 0.2) is 35.3 Å². The third-order valence-corrected chi connectivity index (χ3v) is 4.17. The topological polar surface area (TPSA) is 39.7 Å². The molecule has 1 rings (SSSR count). The Morgan fingerprint density at radius 3 is 2.38 bits per heavy atom. The van der Waals surface area contributed by atoms with Crippen LogP contribution in [-0.4, -0.2) is 50.1 Å². The highest BCUT2D eigenvalue weighted by Gasteiger charge is 2.00. The van der Waals surface area contributed by atoms with E-state index in [1.165, 1.54) is 24.9 Å². The molecule has 0 saturated heterocycles. The molecule has 0 spiro atoms. The Morgan fingerprint density at radius 2 is 1.71 bits per heavy atom. The third-order valence-electron chi connectivity index (χ3n) is 4.17. The Morgan fingerprint density at radius 1 is 0.958 bits per heavy atom. The minimum Gasteiger partial charge on any atom is -0.357 e. The van der Waals surface area contributed by atoms with Crippen LogP contribution in [0.5, 0.6) is 0 Å².